The molecular weight excluding hydrogens is 260 g/mol. The molecule has 7 heteroatoms. The third-order valence-corrected chi connectivity index (χ3v) is 3.28. The van der Waals surface area contributed by atoms with Crippen LogP contribution in [0.5, 0.6) is 0 Å². The van der Waals surface area contributed by atoms with Gasteiger partial charge in [-0.25, -0.2) is 0 Å². The lowest BCUT2D eigenvalue weighted by Gasteiger charge is -2.32. The summed E-state index contributed by atoms with van der Waals surface area (Å²) < 4.78 is 5.21. The van der Waals surface area contributed by atoms with E-state index >= 15 is 0 Å². The fraction of sp³-hybridized carbons (Fsp3) is 0.769. The molecule has 0 amide bonds. The van der Waals surface area contributed by atoms with Crippen LogP contribution in [0.3, 0.4) is 0 Å². The summed E-state index contributed by atoms with van der Waals surface area (Å²) in [6.07, 6.45) is 0.805. The molecule has 1 aromatic rings. The van der Waals surface area contributed by atoms with Crippen molar-refractivity contribution in [1.29, 1.82) is 0 Å². The Kier molecular flexibility index (Phi) is 5.08. The molecule has 1 fully saturated rings. The van der Waals surface area contributed by atoms with Crippen molar-refractivity contribution >= 4 is 5.97 Å². The first-order valence-electron chi connectivity index (χ1n) is 7.01. The van der Waals surface area contributed by atoms with Crippen LogP contribution >= 0.6 is 0 Å². The summed E-state index contributed by atoms with van der Waals surface area (Å²) in [6, 6.07) is 0. The van der Waals surface area contributed by atoms with E-state index in [2.05, 4.69) is 28.9 Å². The van der Waals surface area contributed by atoms with Crippen molar-refractivity contribution in [1.82, 2.24) is 19.9 Å². The Morgan fingerprint density at radius 1 is 1.30 bits per heavy atom. The number of carbonyl (C=O) groups is 1. The molecule has 112 valence electrons. The largest absolute Gasteiger partial charge is 0.480 e. The number of carboxylic acid groups (broad SMARTS) is 1. The average Bonchev–Trinajstić information content (AvgIpc) is 2.77. The van der Waals surface area contributed by atoms with Gasteiger partial charge in [-0.2, -0.15) is 4.98 Å². The lowest BCUT2D eigenvalue weighted by Crippen LogP contribution is -2.47. The maximum absolute atomic E-state index is 10.6. The van der Waals surface area contributed by atoms with E-state index < -0.39 is 5.97 Å². The van der Waals surface area contributed by atoms with Crippen LogP contribution in [0, 0.1) is 5.92 Å². The lowest BCUT2D eigenvalue weighted by atomic mass is 10.1. The van der Waals surface area contributed by atoms with Crippen molar-refractivity contribution < 1.29 is 14.4 Å². The molecule has 0 spiro atoms. The third-order valence-electron chi connectivity index (χ3n) is 3.28. The molecule has 0 aliphatic carbocycles. The van der Waals surface area contributed by atoms with Gasteiger partial charge < -0.3 is 9.63 Å². The first-order chi connectivity index (χ1) is 9.52. The number of aromatic nitrogens is 2. The molecular formula is C13H22N4O3. The summed E-state index contributed by atoms with van der Waals surface area (Å²) >= 11 is 0. The van der Waals surface area contributed by atoms with Gasteiger partial charge in [0.15, 0.2) is 5.82 Å². The molecule has 1 N–H and O–H groups in total. The zero-order valence-electron chi connectivity index (χ0n) is 12.1. The summed E-state index contributed by atoms with van der Waals surface area (Å²) in [4.78, 5) is 19.2. The van der Waals surface area contributed by atoms with Gasteiger partial charge in [0.2, 0.25) is 5.89 Å². The highest BCUT2D eigenvalue weighted by atomic mass is 16.5. The fourth-order valence-corrected chi connectivity index (χ4v) is 2.28. The lowest BCUT2D eigenvalue weighted by molar-refractivity contribution is -0.138. The van der Waals surface area contributed by atoms with Gasteiger partial charge in [-0.15, -0.1) is 0 Å². The van der Waals surface area contributed by atoms with Gasteiger partial charge in [-0.3, -0.25) is 14.6 Å². The van der Waals surface area contributed by atoms with E-state index in [-0.39, 0.29) is 6.54 Å². The Morgan fingerprint density at radius 3 is 2.55 bits per heavy atom. The number of piperazine rings is 1. The maximum atomic E-state index is 10.6. The maximum Gasteiger partial charge on any atom is 0.317 e. The molecule has 1 aliphatic heterocycles. The van der Waals surface area contributed by atoms with Crippen molar-refractivity contribution in [3.63, 3.8) is 0 Å². The summed E-state index contributed by atoms with van der Waals surface area (Å²) in [5.74, 6) is 1.14. The summed E-state index contributed by atoms with van der Waals surface area (Å²) in [5.41, 5.74) is 0. The van der Waals surface area contributed by atoms with Crippen molar-refractivity contribution in [2.75, 3.05) is 32.7 Å². The van der Waals surface area contributed by atoms with Gasteiger partial charge in [0.1, 0.15) is 0 Å². The molecule has 0 atom stereocenters. The molecule has 2 heterocycles. The zero-order valence-corrected chi connectivity index (χ0v) is 12.1. The number of carboxylic acids is 1. The highest BCUT2D eigenvalue weighted by Gasteiger charge is 2.20. The molecule has 0 aromatic carbocycles. The third kappa shape index (κ3) is 4.57. The van der Waals surface area contributed by atoms with Crippen LogP contribution in [0.25, 0.3) is 0 Å². The number of aliphatic carboxylic acids is 1. The predicted molar refractivity (Wildman–Crippen MR) is 72.2 cm³/mol. The van der Waals surface area contributed by atoms with E-state index in [4.69, 9.17) is 9.63 Å². The van der Waals surface area contributed by atoms with Gasteiger partial charge >= 0.3 is 5.97 Å². The molecule has 0 radical (unpaired) electrons. The minimum absolute atomic E-state index is 0.120. The van der Waals surface area contributed by atoms with Crippen LogP contribution in [0.15, 0.2) is 4.52 Å². The Morgan fingerprint density at radius 2 is 1.95 bits per heavy atom. The van der Waals surface area contributed by atoms with Gasteiger partial charge in [0.25, 0.3) is 0 Å². The molecule has 1 aliphatic rings. The van der Waals surface area contributed by atoms with E-state index in [9.17, 15) is 4.79 Å². The highest BCUT2D eigenvalue weighted by Crippen LogP contribution is 2.09. The molecule has 20 heavy (non-hydrogen) atoms. The second-order valence-corrected chi connectivity index (χ2v) is 5.65. The highest BCUT2D eigenvalue weighted by molar-refractivity contribution is 5.69. The van der Waals surface area contributed by atoms with Crippen LogP contribution in [0.2, 0.25) is 0 Å². The Labute approximate surface area is 118 Å². The monoisotopic (exact) mass is 282 g/mol. The normalized spacial score (nSPS) is 17.8. The average molecular weight is 282 g/mol. The van der Waals surface area contributed by atoms with E-state index in [1.54, 1.807) is 0 Å². The fourth-order valence-electron chi connectivity index (χ4n) is 2.28. The van der Waals surface area contributed by atoms with Gasteiger partial charge in [0.05, 0.1) is 13.1 Å². The molecule has 2 rings (SSSR count). The Bertz CT molecular complexity index is 439. The predicted octanol–water partition coefficient (Wildman–Crippen LogP) is 0.470. The van der Waals surface area contributed by atoms with E-state index in [0.717, 1.165) is 32.6 Å². The first-order valence-corrected chi connectivity index (χ1v) is 7.01. The molecule has 0 unspecified atom stereocenters. The molecule has 1 aromatic heterocycles. The number of hydrogen-bond acceptors (Lipinski definition) is 6. The van der Waals surface area contributed by atoms with Crippen molar-refractivity contribution in [3.8, 4) is 0 Å². The minimum atomic E-state index is -0.769. The standard InChI is InChI=1S/C13H22N4O3/c1-10(2)7-12-14-11(15-20-12)8-16-3-5-17(6-4-16)9-13(18)19/h10H,3-9H2,1-2H3,(H,18,19). The smallest absolute Gasteiger partial charge is 0.317 e. The summed E-state index contributed by atoms with van der Waals surface area (Å²) in [7, 11) is 0. The SMILES string of the molecule is CC(C)Cc1nc(CN2CCN(CC(=O)O)CC2)no1. The molecule has 1 saturated heterocycles. The number of rotatable bonds is 6. The van der Waals surface area contributed by atoms with E-state index in [0.29, 0.717) is 24.2 Å². The van der Waals surface area contributed by atoms with Crippen molar-refractivity contribution in [2.45, 2.75) is 26.8 Å². The zero-order chi connectivity index (χ0) is 14.5. The second kappa shape index (κ2) is 6.81. The van der Waals surface area contributed by atoms with Crippen molar-refractivity contribution in [3.05, 3.63) is 11.7 Å². The van der Waals surface area contributed by atoms with Crippen LogP contribution in [-0.2, 0) is 17.8 Å². The van der Waals surface area contributed by atoms with E-state index in [1.807, 2.05) is 4.90 Å². The topological polar surface area (TPSA) is 82.7 Å². The Balaban J connectivity index is 1.77. The summed E-state index contributed by atoms with van der Waals surface area (Å²) in [6.45, 7) is 8.23. The van der Waals surface area contributed by atoms with E-state index in [1.165, 1.54) is 0 Å². The molecule has 0 bridgehead atoms. The van der Waals surface area contributed by atoms with Crippen molar-refractivity contribution in [2.24, 2.45) is 5.92 Å². The Hall–Kier alpha value is -1.47. The van der Waals surface area contributed by atoms with Gasteiger partial charge in [-0.1, -0.05) is 19.0 Å². The summed E-state index contributed by atoms with van der Waals surface area (Å²) in [5, 5.41) is 12.7. The quantitative estimate of drug-likeness (QED) is 0.812. The number of nitrogens with zero attached hydrogens (tertiary/aromatic N) is 4. The minimum Gasteiger partial charge on any atom is -0.480 e. The second-order valence-electron chi connectivity index (χ2n) is 5.65. The van der Waals surface area contributed by atoms with Crippen LogP contribution < -0.4 is 0 Å². The van der Waals surface area contributed by atoms with Gasteiger partial charge in [0, 0.05) is 32.6 Å². The first kappa shape index (κ1) is 14.9. The van der Waals surface area contributed by atoms with Crippen LogP contribution in [-0.4, -0.2) is 63.7 Å². The molecule has 0 saturated carbocycles. The van der Waals surface area contributed by atoms with Crippen LogP contribution in [0.4, 0.5) is 0 Å². The number of hydrogen-bond donors (Lipinski definition) is 1. The van der Waals surface area contributed by atoms with Gasteiger partial charge in [-0.05, 0) is 5.92 Å². The molecule has 7 nitrogen and oxygen atoms in total. The van der Waals surface area contributed by atoms with Crippen LogP contribution in [0.1, 0.15) is 25.6 Å².